The molecule has 74 valence electrons. The zero-order chi connectivity index (χ0) is 10.7. The molecule has 0 unspecified atom stereocenters. The van der Waals surface area contributed by atoms with Gasteiger partial charge < -0.3 is 0 Å². The number of nitrogens with zero attached hydrogens (tertiary/aromatic N) is 2. The Kier molecular flexibility index (Phi) is 3.21. The van der Waals surface area contributed by atoms with Crippen LogP contribution < -0.4 is 0 Å². The predicted molar refractivity (Wildman–Crippen MR) is 60.8 cm³/mol. The zero-order valence-electron chi connectivity index (χ0n) is 9.47. The molecule has 2 nitrogen and oxygen atoms in total. The summed E-state index contributed by atoms with van der Waals surface area (Å²) in [4.78, 5) is 7.96. The fraction of sp³-hybridized carbons (Fsp3) is 0.417. The van der Waals surface area contributed by atoms with Crippen LogP contribution in [0.25, 0.3) is 0 Å². The third-order valence-corrected chi connectivity index (χ3v) is 2.58. The molecule has 0 N–H and O–H groups in total. The van der Waals surface area contributed by atoms with Gasteiger partial charge in [-0.25, -0.2) is 4.99 Å². The molecule has 0 saturated carbocycles. The molecule has 0 heterocycles. The van der Waals surface area contributed by atoms with Crippen LogP contribution in [0.4, 0.5) is 5.69 Å². The topological polar surface area (TPSA) is 24.7 Å². The SMILES string of the molecule is CN=C=Nc1c(C)cc(C)c(C)c1C. The summed E-state index contributed by atoms with van der Waals surface area (Å²) >= 11 is 0. The van der Waals surface area contributed by atoms with E-state index in [0.29, 0.717) is 0 Å². The molecule has 1 rings (SSSR count). The van der Waals surface area contributed by atoms with E-state index in [1.54, 1.807) is 7.05 Å². The second kappa shape index (κ2) is 4.21. The van der Waals surface area contributed by atoms with Crippen molar-refractivity contribution < 1.29 is 0 Å². The molecule has 0 aromatic heterocycles. The molecule has 0 aliphatic carbocycles. The quantitative estimate of drug-likeness (QED) is 0.604. The average molecular weight is 188 g/mol. The summed E-state index contributed by atoms with van der Waals surface area (Å²) in [6.07, 6.45) is 0. The van der Waals surface area contributed by atoms with Gasteiger partial charge in [-0.15, -0.1) is 0 Å². The fourth-order valence-corrected chi connectivity index (χ4v) is 1.54. The molecule has 0 aliphatic rings. The van der Waals surface area contributed by atoms with Crippen molar-refractivity contribution in [3.8, 4) is 0 Å². The molecule has 1 aromatic rings. The lowest BCUT2D eigenvalue weighted by Gasteiger charge is -2.09. The summed E-state index contributed by atoms with van der Waals surface area (Å²) in [5.41, 5.74) is 6.01. The first-order valence-corrected chi connectivity index (χ1v) is 4.70. The third kappa shape index (κ3) is 1.91. The van der Waals surface area contributed by atoms with Crippen LogP contribution in [0.15, 0.2) is 16.1 Å². The molecule has 0 radical (unpaired) electrons. The van der Waals surface area contributed by atoms with E-state index in [4.69, 9.17) is 0 Å². The molecule has 0 bridgehead atoms. The van der Waals surface area contributed by atoms with Crippen LogP contribution in [0.1, 0.15) is 22.3 Å². The molecule has 0 aliphatic heterocycles. The van der Waals surface area contributed by atoms with E-state index >= 15 is 0 Å². The summed E-state index contributed by atoms with van der Waals surface area (Å²) < 4.78 is 0. The Labute approximate surface area is 85.4 Å². The summed E-state index contributed by atoms with van der Waals surface area (Å²) in [5, 5.41) is 0. The third-order valence-electron chi connectivity index (χ3n) is 2.58. The van der Waals surface area contributed by atoms with Crippen molar-refractivity contribution in [2.45, 2.75) is 27.7 Å². The summed E-state index contributed by atoms with van der Waals surface area (Å²) in [7, 11) is 1.68. The summed E-state index contributed by atoms with van der Waals surface area (Å²) in [6.45, 7) is 8.39. The van der Waals surface area contributed by atoms with Crippen molar-refractivity contribution in [3.05, 3.63) is 28.3 Å². The monoisotopic (exact) mass is 188 g/mol. The highest BCUT2D eigenvalue weighted by atomic mass is 14.8. The number of aliphatic imine (C=N–C) groups is 2. The van der Waals surface area contributed by atoms with Gasteiger partial charge in [0.1, 0.15) is 0 Å². The minimum atomic E-state index is 0.999. The van der Waals surface area contributed by atoms with Crippen LogP contribution in [-0.2, 0) is 0 Å². The summed E-state index contributed by atoms with van der Waals surface area (Å²) in [5.74, 6) is 0. The van der Waals surface area contributed by atoms with Crippen molar-refractivity contribution in [2.24, 2.45) is 9.98 Å². The first kappa shape index (κ1) is 10.7. The van der Waals surface area contributed by atoms with Crippen LogP contribution in [0.2, 0.25) is 0 Å². The highest BCUT2D eigenvalue weighted by Gasteiger charge is 2.06. The minimum Gasteiger partial charge on any atom is -0.229 e. The van der Waals surface area contributed by atoms with E-state index in [0.717, 1.165) is 5.69 Å². The Morgan fingerprint density at radius 1 is 1.00 bits per heavy atom. The van der Waals surface area contributed by atoms with E-state index in [1.807, 2.05) is 0 Å². The van der Waals surface area contributed by atoms with Gasteiger partial charge in [-0.3, -0.25) is 0 Å². The molecule has 0 spiro atoms. The largest absolute Gasteiger partial charge is 0.229 e. The molecule has 0 amide bonds. The Hall–Kier alpha value is -1.40. The van der Waals surface area contributed by atoms with E-state index in [-0.39, 0.29) is 0 Å². The minimum absolute atomic E-state index is 0.999. The molecular weight excluding hydrogens is 172 g/mol. The standard InChI is InChI=1S/C12H16N2/c1-8-6-9(2)12(14-7-13-5)11(4)10(8)3/h6H,1-5H3. The second-order valence-electron chi connectivity index (χ2n) is 3.54. The smallest absolute Gasteiger partial charge is 0.0946 e. The first-order chi connectivity index (χ1) is 6.57. The van der Waals surface area contributed by atoms with E-state index < -0.39 is 0 Å². The zero-order valence-corrected chi connectivity index (χ0v) is 9.47. The van der Waals surface area contributed by atoms with Gasteiger partial charge in [0.25, 0.3) is 0 Å². The van der Waals surface area contributed by atoms with Crippen molar-refractivity contribution in [1.82, 2.24) is 0 Å². The molecule has 2 heteroatoms. The molecule has 14 heavy (non-hydrogen) atoms. The van der Waals surface area contributed by atoms with Crippen LogP contribution in [-0.4, -0.2) is 13.1 Å². The second-order valence-corrected chi connectivity index (χ2v) is 3.54. The molecule has 0 fully saturated rings. The van der Waals surface area contributed by atoms with E-state index in [2.05, 4.69) is 49.8 Å². The average Bonchev–Trinajstić information content (AvgIpc) is 2.14. The van der Waals surface area contributed by atoms with Gasteiger partial charge in [-0.2, -0.15) is 4.99 Å². The highest BCUT2D eigenvalue weighted by Crippen LogP contribution is 2.28. The maximum Gasteiger partial charge on any atom is 0.0946 e. The Bertz CT molecular complexity index is 411. The maximum absolute atomic E-state index is 4.21. The lowest BCUT2D eigenvalue weighted by molar-refractivity contribution is 1.22. The first-order valence-electron chi connectivity index (χ1n) is 4.70. The van der Waals surface area contributed by atoms with Gasteiger partial charge in [0, 0.05) is 7.05 Å². The number of benzene rings is 1. The van der Waals surface area contributed by atoms with Crippen LogP contribution in [0.5, 0.6) is 0 Å². The van der Waals surface area contributed by atoms with Crippen molar-refractivity contribution >= 4 is 11.7 Å². The van der Waals surface area contributed by atoms with Gasteiger partial charge >= 0.3 is 0 Å². The van der Waals surface area contributed by atoms with Gasteiger partial charge in [0.05, 0.1) is 11.7 Å². The Morgan fingerprint density at radius 2 is 1.64 bits per heavy atom. The number of hydrogen-bond acceptors (Lipinski definition) is 2. The number of aryl methyl sites for hydroxylation is 2. The van der Waals surface area contributed by atoms with Crippen LogP contribution >= 0.6 is 0 Å². The van der Waals surface area contributed by atoms with Crippen LogP contribution in [0.3, 0.4) is 0 Å². The molecule has 0 atom stereocenters. The predicted octanol–water partition coefficient (Wildman–Crippen LogP) is 3.36. The fourth-order valence-electron chi connectivity index (χ4n) is 1.54. The van der Waals surface area contributed by atoms with E-state index in [1.165, 1.54) is 22.3 Å². The molecule has 0 saturated heterocycles. The number of hydrogen-bond donors (Lipinski definition) is 0. The van der Waals surface area contributed by atoms with Crippen LogP contribution in [0, 0.1) is 27.7 Å². The number of rotatable bonds is 1. The lowest BCUT2D eigenvalue weighted by Crippen LogP contribution is -1.89. The van der Waals surface area contributed by atoms with Gasteiger partial charge in [0.15, 0.2) is 0 Å². The Balaban J connectivity index is 3.44. The van der Waals surface area contributed by atoms with Gasteiger partial charge in [0.2, 0.25) is 0 Å². The normalized spacial score (nSPS) is 9.50. The highest BCUT2D eigenvalue weighted by molar-refractivity contribution is 5.62. The van der Waals surface area contributed by atoms with Gasteiger partial charge in [-0.1, -0.05) is 6.07 Å². The van der Waals surface area contributed by atoms with Crippen molar-refractivity contribution in [2.75, 3.05) is 7.05 Å². The summed E-state index contributed by atoms with van der Waals surface area (Å²) in [6, 6.07) is 4.79. The van der Waals surface area contributed by atoms with Crippen molar-refractivity contribution in [1.29, 1.82) is 0 Å². The van der Waals surface area contributed by atoms with Crippen molar-refractivity contribution in [3.63, 3.8) is 0 Å². The van der Waals surface area contributed by atoms with E-state index in [9.17, 15) is 0 Å². The maximum atomic E-state index is 4.21. The lowest BCUT2D eigenvalue weighted by atomic mass is 9.99. The Morgan fingerprint density at radius 3 is 2.21 bits per heavy atom. The van der Waals surface area contributed by atoms with Gasteiger partial charge in [-0.05, 0) is 49.9 Å². The molecular formula is C12H16N2. The molecule has 1 aromatic carbocycles.